The van der Waals surface area contributed by atoms with E-state index in [1.54, 1.807) is 12.1 Å². The van der Waals surface area contributed by atoms with Gasteiger partial charge in [-0.05, 0) is 392 Å². The summed E-state index contributed by atoms with van der Waals surface area (Å²) in [6.07, 6.45) is 4.10. The number of hydrogen-bond acceptors (Lipinski definition) is 13. The molecule has 149 heavy (non-hydrogen) atoms. The quantitative estimate of drug-likeness (QED) is 0.0259. The van der Waals surface area contributed by atoms with Crippen molar-refractivity contribution in [2.75, 3.05) is 100 Å². The van der Waals surface area contributed by atoms with Gasteiger partial charge in [0.05, 0.1) is 53.9 Å². The lowest BCUT2D eigenvalue weighted by molar-refractivity contribution is -0.849. The Morgan fingerprint density at radius 2 is 0.362 bits per heavy atom. The lowest BCUT2D eigenvalue weighted by atomic mass is 10.1. The van der Waals surface area contributed by atoms with Crippen LogP contribution in [0.2, 0.25) is 0 Å². The van der Waals surface area contributed by atoms with Crippen molar-refractivity contribution in [1.82, 2.24) is 0 Å². The average molecular weight is 1960 g/mol. The van der Waals surface area contributed by atoms with Crippen LogP contribution in [0.15, 0.2) is 430 Å². The Balaban J connectivity index is 0.000000178. The molecule has 0 aliphatic rings. The molecule has 742 valence electrons. The summed E-state index contributed by atoms with van der Waals surface area (Å²) in [5, 5.41) is 29.9. The van der Waals surface area contributed by atoms with Gasteiger partial charge in [-0.3, -0.25) is 9.59 Å². The Kier molecular flexibility index (Phi) is 34.7. The Labute approximate surface area is 876 Å². The fourth-order valence-electron chi connectivity index (χ4n) is 16.8. The van der Waals surface area contributed by atoms with Crippen LogP contribution in [0.5, 0.6) is 0 Å². The van der Waals surface area contributed by atoms with Gasteiger partial charge in [0.1, 0.15) is 0 Å². The molecule has 17 aromatic carbocycles. The molecule has 17 rings (SSSR count). The SMILES string of the molecule is C[N+](C)(C)C.[C-]#[N+]/C(=C\c1ccc(N(c2ccc(N(C)C)cc2)c2ccc(N(C)C)cc2)cc1)C(=O)[O-].[C-]#[N+]/C(=C\c1ccc(N(c2ccc(N(c3ccc(C)cc3)c3ccc(C)cc3)cc2)c2ccc(N(c3ccc(C)cc3)c3ccc(C)cc3)cc2)cc1)C(=O)O.[C-]#[N+]/C(=C\c1ccc(N(c2ccc(N(c3cccc(C)c3)c3cccc(C)c3)cc2)c2ccc(N(c3cccc(C)c3)c3cccc(C)c3)cc2)cc1)C(=O)O. The van der Waals surface area contributed by atoms with Gasteiger partial charge in [-0.15, -0.1) is 0 Å². The van der Waals surface area contributed by atoms with E-state index in [9.17, 15) is 29.7 Å². The minimum Gasteiger partial charge on any atom is -0.558 e. The smallest absolute Gasteiger partial charge is 0.333 e. The Bertz CT molecular complexity index is 7210. The third-order valence-corrected chi connectivity index (χ3v) is 24.3. The zero-order valence-corrected chi connectivity index (χ0v) is 86.8. The third kappa shape index (κ3) is 27.9. The highest BCUT2D eigenvalue weighted by molar-refractivity contribution is 5.97. The molecule has 0 spiro atoms. The summed E-state index contributed by atoms with van der Waals surface area (Å²) < 4.78 is 1.00. The van der Waals surface area contributed by atoms with Crippen LogP contribution in [0.25, 0.3) is 32.8 Å². The number of anilines is 23. The molecule has 0 radical (unpaired) electrons. The number of hydrogen-bond donors (Lipinski definition) is 2. The third-order valence-electron chi connectivity index (χ3n) is 24.3. The molecule has 19 nitrogen and oxygen atoms in total. The van der Waals surface area contributed by atoms with E-state index in [4.69, 9.17) is 19.7 Å². The molecular weight excluding hydrogens is 1840 g/mol. The standard InChI is InChI=1S/2C50H42N4O2.C26H26N4O2.C4H12N/c1-35-6-16-40(17-7-35)52(41-18-8-36(2)9-19-41)45-26-30-47(31-27-45)54(44-24-14-39(15-25-44)34-49(51-5)50(55)56)48-32-28-46(29-33-48)53(42-20-10-37(3)11-21-42)43-22-12-38(4)13-23-43;1-35-10-6-14-45(30-35)53(46-15-7-11-36(2)31-46)43-26-22-41(23-27-43)52(40-20-18-39(19-21-40)34-49(51-5)50(55)56)42-24-28-44(29-25-42)54(47-16-8-12-37(3)32-47)48-17-9-13-38(4)33-48;1-27-25(26(31)32)18-19-6-8-22(9-7-19)30(23-14-10-20(11-15-23)28(2)3)24-16-12-21(13-17-24)29(4)5;1-5(2,3)4/h2*6-34H,1-4H3,(H,55,56);6-18H,2-5H3,(H,31,32);1-4H3/q;;;+1/p-1/b2*49-34-;25-18-;. The zero-order chi connectivity index (χ0) is 106. The van der Waals surface area contributed by atoms with E-state index in [2.05, 4.69) is 472 Å². The van der Waals surface area contributed by atoms with Gasteiger partial charge in [-0.1, -0.05) is 156 Å². The summed E-state index contributed by atoms with van der Waals surface area (Å²) in [6, 6.07) is 142. The second kappa shape index (κ2) is 48.9. The van der Waals surface area contributed by atoms with Gasteiger partial charge in [-0.25, -0.2) is 14.5 Å². The number of carboxylic acid groups (broad SMARTS) is 3. The molecule has 0 heterocycles. The summed E-state index contributed by atoms with van der Waals surface area (Å²) in [4.78, 5) is 63.1. The molecule has 0 fully saturated rings. The van der Waals surface area contributed by atoms with Crippen LogP contribution < -0.4 is 49.2 Å². The van der Waals surface area contributed by atoms with Crippen LogP contribution in [0, 0.1) is 75.1 Å². The minimum absolute atomic E-state index is 0.334. The van der Waals surface area contributed by atoms with Crippen molar-refractivity contribution >= 4 is 167 Å². The van der Waals surface area contributed by atoms with E-state index in [-0.39, 0.29) is 11.4 Å². The number of benzene rings is 17. The molecule has 19 heteroatoms. The van der Waals surface area contributed by atoms with Crippen molar-refractivity contribution in [3.63, 3.8) is 0 Å². The van der Waals surface area contributed by atoms with E-state index in [1.165, 1.54) is 62.7 Å². The van der Waals surface area contributed by atoms with Crippen molar-refractivity contribution in [1.29, 1.82) is 0 Å². The van der Waals surface area contributed by atoms with Crippen LogP contribution in [0.1, 0.15) is 61.2 Å². The highest BCUT2D eigenvalue weighted by Crippen LogP contribution is 2.47. The Hall–Kier alpha value is -19.0. The van der Waals surface area contributed by atoms with Crippen molar-refractivity contribution in [3.05, 3.63) is 525 Å². The number of nitrogens with zero attached hydrogens (tertiary/aromatic N) is 13. The molecule has 0 aliphatic carbocycles. The van der Waals surface area contributed by atoms with Crippen molar-refractivity contribution < 1.29 is 34.2 Å². The number of carboxylic acids is 3. The fraction of sp³-hybridized carbons (Fsp3) is 0.123. The van der Waals surface area contributed by atoms with Crippen molar-refractivity contribution in [2.24, 2.45) is 0 Å². The maximum atomic E-state index is 11.6. The second-order valence-electron chi connectivity index (χ2n) is 38.2. The summed E-state index contributed by atoms with van der Waals surface area (Å²) >= 11 is 0. The molecule has 0 amide bonds. The predicted molar refractivity (Wildman–Crippen MR) is 617 cm³/mol. The van der Waals surface area contributed by atoms with Crippen LogP contribution in [-0.4, -0.2) is 89.0 Å². The maximum absolute atomic E-state index is 11.6. The lowest BCUT2D eigenvalue weighted by Crippen LogP contribution is -2.27. The van der Waals surface area contributed by atoms with Crippen LogP contribution in [-0.2, 0) is 14.4 Å². The van der Waals surface area contributed by atoms with Crippen molar-refractivity contribution in [2.45, 2.75) is 55.4 Å². The fourth-order valence-corrected chi connectivity index (χ4v) is 16.8. The first-order chi connectivity index (χ1) is 71.6. The zero-order valence-electron chi connectivity index (χ0n) is 86.8. The number of rotatable bonds is 29. The van der Waals surface area contributed by atoms with Gasteiger partial charge in [-0.2, -0.15) is 0 Å². The Morgan fingerprint density at radius 3 is 0.503 bits per heavy atom. The van der Waals surface area contributed by atoms with Gasteiger partial charge in [0.2, 0.25) is 5.70 Å². The normalized spacial score (nSPS) is 11.1. The first-order valence-corrected chi connectivity index (χ1v) is 48.8. The van der Waals surface area contributed by atoms with Crippen LogP contribution in [0.4, 0.5) is 131 Å². The van der Waals surface area contributed by atoms with Crippen LogP contribution in [0.3, 0.4) is 0 Å². The summed E-state index contributed by atoms with van der Waals surface area (Å²) in [6.45, 7) is 38.4. The molecule has 0 unspecified atom stereocenters. The Morgan fingerprint density at radius 1 is 0.221 bits per heavy atom. The van der Waals surface area contributed by atoms with Gasteiger partial charge in [0, 0.05) is 159 Å². The van der Waals surface area contributed by atoms with E-state index >= 15 is 0 Å². The molecule has 0 saturated carbocycles. The molecule has 0 bridgehead atoms. The topological polar surface area (TPSA) is 157 Å². The predicted octanol–water partition coefficient (Wildman–Crippen LogP) is 32.0. The minimum atomic E-state index is -1.48. The van der Waals surface area contributed by atoms with Gasteiger partial charge < -0.3 is 68.7 Å². The molecule has 0 saturated heterocycles. The van der Waals surface area contributed by atoms with Gasteiger partial charge in [0.15, 0.2) is 0 Å². The summed E-state index contributed by atoms with van der Waals surface area (Å²) in [5.74, 6) is -3.98. The van der Waals surface area contributed by atoms with Crippen LogP contribution >= 0.6 is 0 Å². The van der Waals surface area contributed by atoms with Gasteiger partial charge in [0.25, 0.3) is 11.4 Å². The lowest BCUT2D eigenvalue weighted by Gasteiger charge is -2.30. The molecule has 0 atom stereocenters. The molecular formula is C130H121N13O6. The van der Waals surface area contributed by atoms with E-state index in [1.807, 2.05) is 98.7 Å². The summed E-state index contributed by atoms with van der Waals surface area (Å²) in [7, 11) is 16.5. The molecule has 0 aliphatic heterocycles. The highest BCUT2D eigenvalue weighted by atomic mass is 16.4. The van der Waals surface area contributed by atoms with E-state index in [0.29, 0.717) is 16.7 Å². The monoisotopic (exact) mass is 1960 g/mol. The molecule has 2 N–H and O–H groups in total. The first-order valence-electron chi connectivity index (χ1n) is 48.8. The van der Waals surface area contributed by atoms with E-state index in [0.717, 1.165) is 135 Å². The maximum Gasteiger partial charge on any atom is 0.333 e. The number of carbonyl (C=O) groups excluding carboxylic acids is 1. The number of aliphatic carboxylic acids is 3. The van der Waals surface area contributed by atoms with Crippen molar-refractivity contribution in [3.8, 4) is 0 Å². The average Bonchev–Trinajstić information content (AvgIpc) is 0.761. The largest absolute Gasteiger partial charge is 0.558 e. The molecule has 17 aromatic rings. The first kappa shape index (κ1) is 106. The summed E-state index contributed by atoms with van der Waals surface area (Å²) in [5.41, 5.74) is 33.6. The number of carbonyl (C=O) groups is 3. The number of aryl methyl sites for hydroxylation is 8. The second-order valence-corrected chi connectivity index (χ2v) is 38.2. The molecule has 0 aromatic heterocycles. The highest BCUT2D eigenvalue weighted by Gasteiger charge is 2.25. The number of quaternary nitrogens is 1. The van der Waals surface area contributed by atoms with Gasteiger partial charge >= 0.3 is 11.9 Å². The van der Waals surface area contributed by atoms with E-state index < -0.39 is 23.6 Å².